The molecule has 10 nitrogen and oxygen atoms in total. The van der Waals surface area contributed by atoms with Crippen molar-refractivity contribution in [3.8, 4) is 6.07 Å². The van der Waals surface area contributed by atoms with Gasteiger partial charge in [0.25, 0.3) is 5.91 Å². The van der Waals surface area contributed by atoms with Crippen molar-refractivity contribution in [1.29, 1.82) is 5.26 Å². The summed E-state index contributed by atoms with van der Waals surface area (Å²) in [6, 6.07) is 4.17. The van der Waals surface area contributed by atoms with Gasteiger partial charge in [-0.15, -0.1) is 16.4 Å². The van der Waals surface area contributed by atoms with E-state index in [2.05, 4.69) is 46.1 Å². The molecule has 3 aromatic rings. The Labute approximate surface area is 193 Å². The van der Waals surface area contributed by atoms with Crippen LogP contribution in [-0.4, -0.2) is 55.0 Å². The number of aryl methyl sites for hydroxylation is 2. The number of rotatable bonds is 7. The van der Waals surface area contributed by atoms with Crippen LogP contribution in [0.2, 0.25) is 0 Å². The Kier molecular flexibility index (Phi) is 6.99. The molecule has 166 valence electrons. The molecule has 1 atom stereocenters. The Morgan fingerprint density at radius 1 is 1.34 bits per heavy atom. The van der Waals surface area contributed by atoms with E-state index in [4.69, 9.17) is 5.26 Å². The lowest BCUT2D eigenvalue weighted by molar-refractivity contribution is 0.0947. The number of thiazole rings is 1. The standard InChI is InChI=1S/C20H23N9OS2/c1-12-17(32-28-27-12)9-22-19(30)16-11-31-20(25-16)26-18-8-15(23-13(2)24-18)14-4-3-6-29(10-14)7-5-21/h8,11,14H,3-4,6-7,9-10H2,1-2H3,(H,22,30)(H,23,24,25,26)/t14-/m0/s1. The molecule has 12 heteroatoms. The molecule has 32 heavy (non-hydrogen) atoms. The zero-order valence-electron chi connectivity index (χ0n) is 17.8. The fraction of sp³-hybridized carbons (Fsp3) is 0.450. The topological polar surface area (TPSA) is 133 Å². The van der Waals surface area contributed by atoms with Crippen molar-refractivity contribution in [3.63, 3.8) is 0 Å². The second kappa shape index (κ2) is 10.1. The fourth-order valence-corrected chi connectivity index (χ4v) is 4.88. The Balaban J connectivity index is 1.41. The van der Waals surface area contributed by atoms with Crippen LogP contribution < -0.4 is 10.6 Å². The first-order valence-corrected chi connectivity index (χ1v) is 11.9. The van der Waals surface area contributed by atoms with Crippen LogP contribution in [0, 0.1) is 25.2 Å². The predicted molar refractivity (Wildman–Crippen MR) is 122 cm³/mol. The molecule has 2 N–H and O–H groups in total. The molecule has 0 bridgehead atoms. The van der Waals surface area contributed by atoms with Gasteiger partial charge in [-0.3, -0.25) is 9.69 Å². The lowest BCUT2D eigenvalue weighted by Gasteiger charge is -2.30. The summed E-state index contributed by atoms with van der Waals surface area (Å²) < 4.78 is 3.87. The Morgan fingerprint density at radius 2 is 2.22 bits per heavy atom. The van der Waals surface area contributed by atoms with E-state index < -0.39 is 0 Å². The predicted octanol–water partition coefficient (Wildman–Crippen LogP) is 2.78. The maximum atomic E-state index is 12.4. The minimum absolute atomic E-state index is 0.249. The number of nitrogens with zero attached hydrogens (tertiary/aromatic N) is 7. The molecule has 1 fully saturated rings. The first-order chi connectivity index (χ1) is 15.5. The highest BCUT2D eigenvalue weighted by Gasteiger charge is 2.23. The molecule has 3 aromatic heterocycles. The van der Waals surface area contributed by atoms with Gasteiger partial charge in [-0.2, -0.15) is 5.26 Å². The Hall–Kier alpha value is -3.01. The van der Waals surface area contributed by atoms with Crippen LogP contribution >= 0.6 is 22.9 Å². The summed E-state index contributed by atoms with van der Waals surface area (Å²) >= 11 is 2.62. The number of amides is 1. The third-order valence-electron chi connectivity index (χ3n) is 5.20. The van der Waals surface area contributed by atoms with Gasteiger partial charge in [0.15, 0.2) is 5.13 Å². The zero-order chi connectivity index (χ0) is 22.5. The van der Waals surface area contributed by atoms with Gasteiger partial charge in [-0.05, 0) is 44.8 Å². The van der Waals surface area contributed by atoms with Gasteiger partial charge in [0.05, 0.1) is 35.4 Å². The second-order valence-corrected chi connectivity index (χ2v) is 9.28. The van der Waals surface area contributed by atoms with Gasteiger partial charge < -0.3 is 10.6 Å². The number of anilines is 2. The number of nitrogens with one attached hydrogen (secondary N) is 2. The molecule has 1 amide bonds. The number of carbonyl (C=O) groups excluding carboxylic acids is 1. The maximum Gasteiger partial charge on any atom is 0.271 e. The van der Waals surface area contributed by atoms with Crippen molar-refractivity contribution in [2.24, 2.45) is 0 Å². The average molecular weight is 470 g/mol. The van der Waals surface area contributed by atoms with E-state index in [0.717, 1.165) is 42.2 Å². The molecule has 0 aromatic carbocycles. The van der Waals surface area contributed by atoms with Crippen LogP contribution in [0.1, 0.15) is 51.3 Å². The number of aromatic nitrogens is 5. The largest absolute Gasteiger partial charge is 0.346 e. The highest BCUT2D eigenvalue weighted by Crippen LogP contribution is 2.28. The molecule has 1 saturated heterocycles. The molecule has 0 saturated carbocycles. The third-order valence-corrected chi connectivity index (χ3v) is 6.78. The summed E-state index contributed by atoms with van der Waals surface area (Å²) in [6.07, 6.45) is 2.08. The molecular weight excluding hydrogens is 446 g/mol. The highest BCUT2D eigenvalue weighted by molar-refractivity contribution is 7.14. The van der Waals surface area contributed by atoms with Crippen LogP contribution in [0.15, 0.2) is 11.4 Å². The molecule has 0 unspecified atom stereocenters. The van der Waals surface area contributed by atoms with Gasteiger partial charge in [-0.25, -0.2) is 15.0 Å². The summed E-state index contributed by atoms with van der Waals surface area (Å²) in [5, 5.41) is 21.3. The normalized spacial score (nSPS) is 16.5. The number of piperidine rings is 1. The molecular formula is C20H23N9OS2. The van der Waals surface area contributed by atoms with Crippen molar-refractivity contribution in [1.82, 2.24) is 34.8 Å². The summed E-state index contributed by atoms with van der Waals surface area (Å²) in [6.45, 7) is 6.31. The van der Waals surface area contributed by atoms with E-state index in [1.165, 1.54) is 22.9 Å². The average Bonchev–Trinajstić information content (AvgIpc) is 3.41. The fourth-order valence-electron chi connectivity index (χ4n) is 3.61. The molecule has 0 radical (unpaired) electrons. The first-order valence-electron chi connectivity index (χ1n) is 10.3. The number of likely N-dealkylation sites (tertiary alicyclic amines) is 1. The maximum absolute atomic E-state index is 12.4. The minimum atomic E-state index is -0.249. The van der Waals surface area contributed by atoms with Crippen LogP contribution in [0.3, 0.4) is 0 Å². The van der Waals surface area contributed by atoms with Crippen molar-refractivity contribution < 1.29 is 4.79 Å². The van der Waals surface area contributed by atoms with Gasteiger partial charge >= 0.3 is 0 Å². The highest BCUT2D eigenvalue weighted by atomic mass is 32.1. The van der Waals surface area contributed by atoms with Gasteiger partial charge in [0.2, 0.25) is 0 Å². The Morgan fingerprint density at radius 3 is 3.00 bits per heavy atom. The number of carbonyl (C=O) groups is 1. The summed E-state index contributed by atoms with van der Waals surface area (Å²) in [5.41, 5.74) is 2.13. The van der Waals surface area contributed by atoms with Crippen LogP contribution in [-0.2, 0) is 6.54 Å². The van der Waals surface area contributed by atoms with Crippen molar-refractivity contribution in [2.45, 2.75) is 39.2 Å². The van der Waals surface area contributed by atoms with Crippen LogP contribution in [0.4, 0.5) is 10.9 Å². The zero-order valence-corrected chi connectivity index (χ0v) is 19.5. The van der Waals surface area contributed by atoms with E-state index in [1.54, 1.807) is 5.38 Å². The number of nitriles is 1. The SMILES string of the molecule is Cc1nc(Nc2nc(C(=O)NCc3snnc3C)cs2)cc([C@H]2CCCN(CC#N)C2)n1. The summed E-state index contributed by atoms with van der Waals surface area (Å²) in [7, 11) is 0. The van der Waals surface area contributed by atoms with Crippen LogP contribution in [0.5, 0.6) is 0 Å². The lowest BCUT2D eigenvalue weighted by Crippen LogP contribution is -2.35. The van der Waals surface area contributed by atoms with Gasteiger partial charge in [-0.1, -0.05) is 4.49 Å². The number of hydrogen-bond acceptors (Lipinski definition) is 11. The molecule has 0 aliphatic carbocycles. The van der Waals surface area contributed by atoms with Crippen LogP contribution in [0.25, 0.3) is 0 Å². The quantitative estimate of drug-likeness (QED) is 0.501. The number of hydrogen-bond donors (Lipinski definition) is 2. The molecule has 1 aliphatic rings. The molecule has 0 spiro atoms. The van der Waals surface area contributed by atoms with E-state index in [9.17, 15) is 4.79 Å². The van der Waals surface area contributed by atoms with Gasteiger partial charge in [0, 0.05) is 23.9 Å². The minimum Gasteiger partial charge on any atom is -0.346 e. The molecule has 1 aliphatic heterocycles. The summed E-state index contributed by atoms with van der Waals surface area (Å²) in [5.74, 6) is 1.34. The van der Waals surface area contributed by atoms with Crippen molar-refractivity contribution >= 4 is 39.7 Å². The van der Waals surface area contributed by atoms with Gasteiger partial charge in [0.1, 0.15) is 17.3 Å². The van der Waals surface area contributed by atoms with E-state index in [-0.39, 0.29) is 11.8 Å². The van der Waals surface area contributed by atoms with Crippen molar-refractivity contribution in [3.05, 3.63) is 39.2 Å². The smallest absolute Gasteiger partial charge is 0.271 e. The monoisotopic (exact) mass is 469 g/mol. The van der Waals surface area contributed by atoms with Crippen molar-refractivity contribution in [2.75, 3.05) is 25.0 Å². The lowest BCUT2D eigenvalue weighted by atomic mass is 9.94. The van der Waals surface area contributed by atoms with E-state index in [1.807, 2.05) is 19.9 Å². The third kappa shape index (κ3) is 5.42. The summed E-state index contributed by atoms with van der Waals surface area (Å²) in [4.78, 5) is 29.0. The van der Waals surface area contributed by atoms with E-state index in [0.29, 0.717) is 35.6 Å². The Bertz CT molecular complexity index is 1140. The van der Waals surface area contributed by atoms with E-state index >= 15 is 0 Å². The second-order valence-electron chi connectivity index (χ2n) is 7.58. The first kappa shape index (κ1) is 22.2. The molecule has 4 rings (SSSR count). The molecule has 4 heterocycles.